The summed E-state index contributed by atoms with van der Waals surface area (Å²) in [6, 6.07) is 7.93. The third-order valence-corrected chi connectivity index (χ3v) is 5.56. The second kappa shape index (κ2) is 6.56. The van der Waals surface area contributed by atoms with Gasteiger partial charge in [0.15, 0.2) is 5.78 Å². The number of fused-ring (bicyclic) bond motifs is 2. The van der Waals surface area contributed by atoms with Crippen LogP contribution in [0.15, 0.2) is 24.3 Å². The predicted molar refractivity (Wildman–Crippen MR) is 90.0 cm³/mol. The SMILES string of the molecule is O=C(CCN1CCC2CCC(C2)C1)c1ccc(I)cc1. The molecule has 3 rings (SSSR count). The second-order valence-electron chi connectivity index (χ2n) is 6.31. The van der Waals surface area contributed by atoms with Crippen molar-refractivity contribution in [3.8, 4) is 0 Å². The summed E-state index contributed by atoms with van der Waals surface area (Å²) >= 11 is 2.27. The lowest BCUT2D eigenvalue weighted by Gasteiger charge is -2.24. The quantitative estimate of drug-likeness (QED) is 0.579. The molecule has 1 aromatic carbocycles. The van der Waals surface area contributed by atoms with Gasteiger partial charge in [-0.15, -0.1) is 0 Å². The van der Waals surface area contributed by atoms with Crippen LogP contribution in [0.4, 0.5) is 0 Å². The Hall–Kier alpha value is -0.420. The van der Waals surface area contributed by atoms with E-state index in [1.54, 1.807) is 0 Å². The molecule has 1 saturated carbocycles. The summed E-state index contributed by atoms with van der Waals surface area (Å²) in [6.07, 6.45) is 6.29. The van der Waals surface area contributed by atoms with Crippen LogP contribution in [0.3, 0.4) is 0 Å². The van der Waals surface area contributed by atoms with E-state index in [4.69, 9.17) is 0 Å². The summed E-state index contributed by atoms with van der Waals surface area (Å²) in [5.74, 6) is 2.16. The van der Waals surface area contributed by atoms with Gasteiger partial charge in [0.1, 0.15) is 0 Å². The molecule has 2 aliphatic rings. The van der Waals surface area contributed by atoms with Crippen molar-refractivity contribution in [1.29, 1.82) is 0 Å². The summed E-state index contributed by atoms with van der Waals surface area (Å²) in [5.41, 5.74) is 0.863. The van der Waals surface area contributed by atoms with Gasteiger partial charge in [-0.2, -0.15) is 0 Å². The Morgan fingerprint density at radius 1 is 1.15 bits per heavy atom. The second-order valence-corrected chi connectivity index (χ2v) is 7.56. The van der Waals surface area contributed by atoms with E-state index in [1.165, 1.54) is 42.3 Å². The molecule has 0 N–H and O–H groups in total. The normalized spacial score (nSPS) is 26.4. The molecule has 0 amide bonds. The van der Waals surface area contributed by atoms with Crippen molar-refractivity contribution in [2.24, 2.45) is 11.8 Å². The van der Waals surface area contributed by atoms with E-state index in [0.29, 0.717) is 6.42 Å². The number of hydrogen-bond donors (Lipinski definition) is 0. The minimum Gasteiger partial charge on any atom is -0.303 e. The molecule has 2 nitrogen and oxygen atoms in total. The molecule has 2 bridgehead atoms. The highest BCUT2D eigenvalue weighted by Gasteiger charge is 2.29. The Balaban J connectivity index is 1.51. The lowest BCUT2D eigenvalue weighted by Crippen LogP contribution is -2.31. The summed E-state index contributed by atoms with van der Waals surface area (Å²) < 4.78 is 1.18. The summed E-state index contributed by atoms with van der Waals surface area (Å²) in [7, 11) is 0. The molecular formula is C17H22INO. The van der Waals surface area contributed by atoms with E-state index < -0.39 is 0 Å². The highest BCUT2D eigenvalue weighted by Crippen LogP contribution is 2.36. The van der Waals surface area contributed by atoms with Crippen LogP contribution in [0.2, 0.25) is 0 Å². The molecule has 1 aliphatic carbocycles. The fraction of sp³-hybridized carbons (Fsp3) is 0.588. The molecular weight excluding hydrogens is 361 g/mol. The maximum absolute atomic E-state index is 12.2. The monoisotopic (exact) mass is 383 g/mol. The van der Waals surface area contributed by atoms with Crippen molar-refractivity contribution in [3.63, 3.8) is 0 Å². The van der Waals surface area contributed by atoms with Crippen molar-refractivity contribution in [2.75, 3.05) is 19.6 Å². The topological polar surface area (TPSA) is 20.3 Å². The number of carbonyl (C=O) groups is 1. The zero-order valence-electron chi connectivity index (χ0n) is 11.9. The molecule has 2 fully saturated rings. The first-order chi connectivity index (χ1) is 9.70. The largest absolute Gasteiger partial charge is 0.303 e. The van der Waals surface area contributed by atoms with Crippen LogP contribution in [0.5, 0.6) is 0 Å². The summed E-state index contributed by atoms with van der Waals surface area (Å²) in [4.78, 5) is 14.7. The van der Waals surface area contributed by atoms with E-state index in [9.17, 15) is 4.79 Å². The van der Waals surface area contributed by atoms with E-state index in [1.807, 2.05) is 24.3 Å². The molecule has 1 aliphatic heterocycles. The van der Waals surface area contributed by atoms with E-state index in [2.05, 4.69) is 27.5 Å². The van der Waals surface area contributed by atoms with Gasteiger partial charge in [0.25, 0.3) is 0 Å². The molecule has 0 spiro atoms. The first kappa shape index (κ1) is 14.5. The Kier molecular flexibility index (Phi) is 4.76. The van der Waals surface area contributed by atoms with Gasteiger partial charge in [-0.1, -0.05) is 18.6 Å². The van der Waals surface area contributed by atoms with Gasteiger partial charge in [-0.25, -0.2) is 0 Å². The molecule has 2 unspecified atom stereocenters. The average Bonchev–Trinajstić information content (AvgIpc) is 2.78. The molecule has 0 radical (unpaired) electrons. The van der Waals surface area contributed by atoms with Crippen LogP contribution in [0, 0.1) is 15.4 Å². The average molecular weight is 383 g/mol. The lowest BCUT2D eigenvalue weighted by molar-refractivity contribution is 0.0960. The van der Waals surface area contributed by atoms with Gasteiger partial charge in [0.2, 0.25) is 0 Å². The van der Waals surface area contributed by atoms with Crippen molar-refractivity contribution in [2.45, 2.75) is 32.1 Å². The molecule has 1 heterocycles. The number of halogens is 1. The number of rotatable bonds is 4. The minimum absolute atomic E-state index is 0.288. The molecule has 1 saturated heterocycles. The zero-order chi connectivity index (χ0) is 13.9. The zero-order valence-corrected chi connectivity index (χ0v) is 14.0. The van der Waals surface area contributed by atoms with Crippen molar-refractivity contribution in [3.05, 3.63) is 33.4 Å². The Morgan fingerprint density at radius 2 is 1.90 bits per heavy atom. The third kappa shape index (κ3) is 3.61. The summed E-state index contributed by atoms with van der Waals surface area (Å²) in [6.45, 7) is 3.35. The molecule has 3 heteroatoms. The standard InChI is InChI=1S/C17H22INO/c18-16-5-3-15(4-6-16)17(20)8-10-19-9-7-13-1-2-14(11-13)12-19/h3-6,13-14H,1-2,7-12H2. The first-order valence-corrected chi connectivity index (χ1v) is 8.79. The molecule has 1 aromatic rings. The molecule has 0 aromatic heterocycles. The number of nitrogens with zero attached hydrogens (tertiary/aromatic N) is 1. The van der Waals surface area contributed by atoms with Crippen LogP contribution in [0.1, 0.15) is 42.5 Å². The number of benzene rings is 1. The Morgan fingerprint density at radius 3 is 2.70 bits per heavy atom. The molecule has 108 valence electrons. The van der Waals surface area contributed by atoms with Crippen LogP contribution in [0.25, 0.3) is 0 Å². The number of likely N-dealkylation sites (tertiary alicyclic amines) is 1. The van der Waals surface area contributed by atoms with E-state index >= 15 is 0 Å². The molecule has 20 heavy (non-hydrogen) atoms. The Labute approximate surface area is 135 Å². The van der Waals surface area contributed by atoms with Gasteiger partial charge >= 0.3 is 0 Å². The Bertz CT molecular complexity index is 470. The fourth-order valence-corrected chi connectivity index (χ4v) is 4.03. The van der Waals surface area contributed by atoms with E-state index in [0.717, 1.165) is 23.9 Å². The number of ketones is 1. The number of hydrogen-bond acceptors (Lipinski definition) is 2. The first-order valence-electron chi connectivity index (χ1n) is 7.72. The van der Waals surface area contributed by atoms with Crippen LogP contribution < -0.4 is 0 Å². The lowest BCUT2D eigenvalue weighted by atomic mass is 10.0. The number of carbonyl (C=O) groups excluding carboxylic acids is 1. The van der Waals surface area contributed by atoms with Crippen LogP contribution in [-0.4, -0.2) is 30.3 Å². The predicted octanol–water partition coefficient (Wildman–Crippen LogP) is 3.99. The van der Waals surface area contributed by atoms with Crippen molar-refractivity contribution in [1.82, 2.24) is 4.90 Å². The van der Waals surface area contributed by atoms with Crippen LogP contribution >= 0.6 is 22.6 Å². The maximum atomic E-state index is 12.2. The maximum Gasteiger partial charge on any atom is 0.164 e. The van der Waals surface area contributed by atoms with Gasteiger partial charge in [0, 0.05) is 28.6 Å². The third-order valence-electron chi connectivity index (χ3n) is 4.84. The summed E-state index contributed by atoms with van der Waals surface area (Å²) in [5, 5.41) is 0. The van der Waals surface area contributed by atoms with Crippen molar-refractivity contribution < 1.29 is 4.79 Å². The van der Waals surface area contributed by atoms with Crippen molar-refractivity contribution >= 4 is 28.4 Å². The smallest absolute Gasteiger partial charge is 0.164 e. The van der Waals surface area contributed by atoms with Gasteiger partial charge in [-0.3, -0.25) is 4.79 Å². The van der Waals surface area contributed by atoms with E-state index in [-0.39, 0.29) is 5.78 Å². The van der Waals surface area contributed by atoms with Gasteiger partial charge in [-0.05, 0) is 72.4 Å². The number of Topliss-reactive ketones (excluding diaryl/α,β-unsaturated/α-hetero) is 1. The fourth-order valence-electron chi connectivity index (χ4n) is 3.67. The van der Waals surface area contributed by atoms with Gasteiger partial charge < -0.3 is 4.90 Å². The highest BCUT2D eigenvalue weighted by molar-refractivity contribution is 14.1. The molecule has 2 atom stereocenters. The minimum atomic E-state index is 0.288. The van der Waals surface area contributed by atoms with Gasteiger partial charge in [0.05, 0.1) is 0 Å². The highest BCUT2D eigenvalue weighted by atomic mass is 127. The van der Waals surface area contributed by atoms with Crippen LogP contribution in [-0.2, 0) is 0 Å².